The van der Waals surface area contributed by atoms with E-state index in [1.165, 1.54) is 0 Å². The van der Waals surface area contributed by atoms with Crippen molar-refractivity contribution in [1.29, 1.82) is 0 Å². The highest BCUT2D eigenvalue weighted by Crippen LogP contribution is 2.28. The summed E-state index contributed by atoms with van der Waals surface area (Å²) < 4.78 is 0. The molecule has 2 aliphatic rings. The van der Waals surface area contributed by atoms with Crippen molar-refractivity contribution >= 4 is 23.2 Å². The number of carbonyl (C=O) groups excluding carboxylic acids is 2. The minimum Gasteiger partial charge on any atom is -0.368 e. The number of rotatable bonds is 2. The van der Waals surface area contributed by atoms with Gasteiger partial charge >= 0.3 is 6.03 Å². The number of amides is 2. The van der Waals surface area contributed by atoms with Crippen LogP contribution in [0.4, 0.5) is 4.79 Å². The number of hydrazone groups is 1. The molecule has 0 atom stereocenters. The lowest BCUT2D eigenvalue weighted by Gasteiger charge is -2.37. The van der Waals surface area contributed by atoms with Crippen molar-refractivity contribution in [3.8, 4) is 0 Å². The van der Waals surface area contributed by atoms with Gasteiger partial charge in [-0.1, -0.05) is 24.3 Å². The smallest absolute Gasteiger partial charge is 0.332 e. The second-order valence-electron chi connectivity index (χ2n) is 5.67. The molecule has 1 aromatic rings. The predicted molar refractivity (Wildman–Crippen MR) is 88.0 cm³/mol. The third-order valence-corrected chi connectivity index (χ3v) is 4.08. The van der Waals surface area contributed by atoms with Crippen molar-refractivity contribution < 1.29 is 9.59 Å². The molecular weight excluding hydrogens is 294 g/mol. The fraction of sp³-hybridized carbons (Fsp3) is 0.312. The number of Topliss-reactive ketones (excluding diaryl/α,β-unsaturated/α-hetero) is 1. The van der Waals surface area contributed by atoms with Gasteiger partial charge in [0.1, 0.15) is 5.71 Å². The Hall–Kier alpha value is -2.67. The molecule has 0 unspecified atom stereocenters. The average Bonchev–Trinajstić information content (AvgIpc) is 2.55. The van der Waals surface area contributed by atoms with E-state index in [1.807, 2.05) is 18.2 Å². The minimum atomic E-state index is -0.793. The zero-order chi connectivity index (χ0) is 16.4. The quantitative estimate of drug-likeness (QED) is 0.778. The first-order chi connectivity index (χ1) is 11.1. The SMILES string of the molecule is CN1CCN(C2=C/C(=N\NC(N)=O)C(=O)c3ccccc32)CC1. The molecule has 1 fully saturated rings. The predicted octanol–water partition coefficient (Wildman–Crippen LogP) is 0.496. The van der Waals surface area contributed by atoms with Crippen LogP contribution in [0.15, 0.2) is 35.4 Å². The average molecular weight is 313 g/mol. The number of nitrogens with one attached hydrogen (secondary N) is 1. The normalized spacial score (nSPS) is 20.2. The van der Waals surface area contributed by atoms with Crippen molar-refractivity contribution in [2.45, 2.75) is 0 Å². The van der Waals surface area contributed by atoms with Crippen molar-refractivity contribution in [2.75, 3.05) is 33.2 Å². The number of benzene rings is 1. The molecule has 1 heterocycles. The molecule has 3 rings (SSSR count). The lowest BCUT2D eigenvalue weighted by atomic mass is 9.91. The Kier molecular flexibility index (Phi) is 4.12. The van der Waals surface area contributed by atoms with E-state index >= 15 is 0 Å². The molecule has 0 spiro atoms. The van der Waals surface area contributed by atoms with Gasteiger partial charge in [-0.3, -0.25) is 4.79 Å². The van der Waals surface area contributed by atoms with Crippen LogP contribution in [0.2, 0.25) is 0 Å². The van der Waals surface area contributed by atoms with Crippen LogP contribution in [0.3, 0.4) is 0 Å². The molecule has 1 aliphatic heterocycles. The molecule has 0 aromatic heterocycles. The monoisotopic (exact) mass is 313 g/mol. The van der Waals surface area contributed by atoms with Gasteiger partial charge in [-0.15, -0.1) is 0 Å². The Morgan fingerprint density at radius 2 is 1.83 bits per heavy atom. The molecule has 3 N–H and O–H groups in total. The molecule has 0 radical (unpaired) electrons. The first-order valence-electron chi connectivity index (χ1n) is 7.48. The Morgan fingerprint density at radius 3 is 2.48 bits per heavy atom. The number of nitrogens with two attached hydrogens (primary N) is 1. The minimum absolute atomic E-state index is 0.191. The summed E-state index contributed by atoms with van der Waals surface area (Å²) in [5.41, 5.74) is 9.82. The molecule has 1 aromatic carbocycles. The zero-order valence-corrected chi connectivity index (χ0v) is 13.0. The van der Waals surface area contributed by atoms with E-state index in [1.54, 1.807) is 12.1 Å². The third-order valence-electron chi connectivity index (χ3n) is 4.08. The fourth-order valence-electron chi connectivity index (χ4n) is 2.82. The Balaban J connectivity index is 2.00. The molecule has 0 bridgehead atoms. The first kappa shape index (κ1) is 15.2. The van der Waals surface area contributed by atoms with Gasteiger partial charge in [-0.05, 0) is 13.1 Å². The van der Waals surface area contributed by atoms with E-state index < -0.39 is 6.03 Å². The van der Waals surface area contributed by atoms with E-state index in [4.69, 9.17) is 5.73 Å². The van der Waals surface area contributed by atoms with Crippen LogP contribution in [-0.4, -0.2) is 60.6 Å². The molecule has 1 aliphatic carbocycles. The number of likely N-dealkylation sites (N-methyl/N-ethyl adjacent to an activating group) is 1. The summed E-state index contributed by atoms with van der Waals surface area (Å²) >= 11 is 0. The second-order valence-corrected chi connectivity index (χ2v) is 5.67. The number of hydrogen-bond donors (Lipinski definition) is 2. The van der Waals surface area contributed by atoms with Crippen LogP contribution in [0.1, 0.15) is 15.9 Å². The number of carbonyl (C=O) groups is 2. The van der Waals surface area contributed by atoms with E-state index in [9.17, 15) is 9.59 Å². The van der Waals surface area contributed by atoms with Crippen molar-refractivity contribution in [3.63, 3.8) is 0 Å². The number of piperazine rings is 1. The maximum atomic E-state index is 12.5. The number of hydrogen-bond acceptors (Lipinski definition) is 5. The van der Waals surface area contributed by atoms with Gasteiger partial charge in [-0.25, -0.2) is 10.2 Å². The maximum Gasteiger partial charge on any atom is 0.332 e. The standard InChI is InChI=1S/C16H19N5O2/c1-20-6-8-21(9-7-20)14-10-13(18-19-16(17)23)15(22)12-5-3-2-4-11(12)14/h2-5,10H,6-9H2,1H3,(H3,17,19,23)/b18-13+. The summed E-state index contributed by atoms with van der Waals surface area (Å²) in [4.78, 5) is 27.9. The van der Waals surface area contributed by atoms with Gasteiger partial charge in [-0.2, -0.15) is 5.10 Å². The highest BCUT2D eigenvalue weighted by molar-refractivity contribution is 6.52. The van der Waals surface area contributed by atoms with Gasteiger partial charge in [0.15, 0.2) is 0 Å². The van der Waals surface area contributed by atoms with Gasteiger partial charge in [0.25, 0.3) is 0 Å². The lowest BCUT2D eigenvalue weighted by molar-refractivity contribution is 0.106. The summed E-state index contributed by atoms with van der Waals surface area (Å²) in [7, 11) is 2.09. The lowest BCUT2D eigenvalue weighted by Crippen LogP contribution is -2.44. The van der Waals surface area contributed by atoms with Crippen molar-refractivity contribution in [3.05, 3.63) is 41.5 Å². The molecule has 7 nitrogen and oxygen atoms in total. The molecule has 7 heteroatoms. The van der Waals surface area contributed by atoms with Crippen LogP contribution in [-0.2, 0) is 0 Å². The number of primary amides is 1. The van der Waals surface area contributed by atoms with E-state index in [-0.39, 0.29) is 11.5 Å². The van der Waals surface area contributed by atoms with Gasteiger partial charge in [0.05, 0.1) is 0 Å². The Bertz CT molecular complexity index is 702. The number of fused-ring (bicyclic) bond motifs is 1. The van der Waals surface area contributed by atoms with Crippen LogP contribution in [0, 0.1) is 0 Å². The summed E-state index contributed by atoms with van der Waals surface area (Å²) in [5, 5.41) is 3.85. The highest BCUT2D eigenvalue weighted by Gasteiger charge is 2.28. The Morgan fingerprint density at radius 1 is 1.17 bits per heavy atom. The summed E-state index contributed by atoms with van der Waals surface area (Å²) in [6.45, 7) is 3.67. The maximum absolute atomic E-state index is 12.5. The topological polar surface area (TPSA) is 91.0 Å². The molecule has 0 saturated carbocycles. The highest BCUT2D eigenvalue weighted by atomic mass is 16.2. The number of ketones is 1. The molecule has 23 heavy (non-hydrogen) atoms. The van der Waals surface area contributed by atoms with Gasteiger partial charge < -0.3 is 15.5 Å². The zero-order valence-electron chi connectivity index (χ0n) is 13.0. The Labute approximate surface area is 134 Å². The van der Waals surface area contributed by atoms with E-state index in [2.05, 4.69) is 27.4 Å². The summed E-state index contributed by atoms with van der Waals surface area (Å²) in [5.74, 6) is -0.216. The fourth-order valence-corrected chi connectivity index (χ4v) is 2.82. The molecular formula is C16H19N5O2. The van der Waals surface area contributed by atoms with Crippen molar-refractivity contribution in [1.82, 2.24) is 15.2 Å². The third kappa shape index (κ3) is 3.09. The first-order valence-corrected chi connectivity index (χ1v) is 7.48. The van der Waals surface area contributed by atoms with E-state index in [0.29, 0.717) is 5.56 Å². The number of urea groups is 1. The largest absolute Gasteiger partial charge is 0.368 e. The molecule has 2 amide bonds. The van der Waals surface area contributed by atoms with E-state index in [0.717, 1.165) is 37.4 Å². The van der Waals surface area contributed by atoms with Gasteiger partial charge in [0, 0.05) is 43.0 Å². The number of nitrogens with zero attached hydrogens (tertiary/aromatic N) is 3. The molecule has 120 valence electrons. The summed E-state index contributed by atoms with van der Waals surface area (Å²) in [6, 6.07) is 6.66. The van der Waals surface area contributed by atoms with Crippen LogP contribution in [0.5, 0.6) is 0 Å². The van der Waals surface area contributed by atoms with Crippen LogP contribution >= 0.6 is 0 Å². The van der Waals surface area contributed by atoms with Crippen molar-refractivity contribution in [2.24, 2.45) is 10.8 Å². The van der Waals surface area contributed by atoms with Crippen LogP contribution in [0.25, 0.3) is 5.70 Å². The van der Waals surface area contributed by atoms with Gasteiger partial charge in [0.2, 0.25) is 5.78 Å². The molecule has 1 saturated heterocycles. The number of allylic oxidation sites excluding steroid dienone is 1. The van der Waals surface area contributed by atoms with Crippen LogP contribution < -0.4 is 11.2 Å². The second kappa shape index (κ2) is 6.21. The summed E-state index contributed by atoms with van der Waals surface area (Å²) in [6.07, 6.45) is 1.73.